The Balaban J connectivity index is 0.000000396. The minimum Gasteiger partial charge on any atom is -0.243 e. The topological polar surface area (TPSA) is 49.6 Å². The summed E-state index contributed by atoms with van der Waals surface area (Å²) in [5.74, 6) is 0. The molecule has 0 aromatic carbocycles. The highest BCUT2D eigenvalue weighted by Gasteiger charge is 2.01. The Bertz CT molecular complexity index is 428. The summed E-state index contributed by atoms with van der Waals surface area (Å²) in [6.07, 6.45) is 1.62. The molecule has 0 aliphatic rings. The summed E-state index contributed by atoms with van der Waals surface area (Å²) >= 11 is 1.51. The van der Waals surface area contributed by atoms with Crippen LogP contribution in [0, 0.1) is 11.3 Å². The Kier molecular flexibility index (Phi) is 3.35. The van der Waals surface area contributed by atoms with Gasteiger partial charge in [0.1, 0.15) is 11.6 Å². The Morgan fingerprint density at radius 2 is 2.15 bits per heavy atom. The van der Waals surface area contributed by atoms with Gasteiger partial charge in [-0.05, 0) is 6.07 Å². The summed E-state index contributed by atoms with van der Waals surface area (Å²) in [6.45, 7) is 4.00. The second-order valence-corrected chi connectivity index (χ2v) is 2.86. The Labute approximate surface area is 80.7 Å². The zero-order valence-electron chi connectivity index (χ0n) is 7.48. The van der Waals surface area contributed by atoms with E-state index in [1.807, 2.05) is 26.0 Å². The van der Waals surface area contributed by atoms with Crippen LogP contribution in [0.3, 0.4) is 0 Å². The van der Waals surface area contributed by atoms with Crippen molar-refractivity contribution >= 4 is 21.6 Å². The van der Waals surface area contributed by atoms with Gasteiger partial charge in [0.05, 0.1) is 10.2 Å². The molecule has 0 atom stereocenters. The summed E-state index contributed by atoms with van der Waals surface area (Å²) in [5, 5.41) is 8.61. The van der Waals surface area contributed by atoms with E-state index in [1.54, 1.807) is 11.7 Å². The summed E-state index contributed by atoms with van der Waals surface area (Å²) in [7, 11) is 0. The zero-order valence-corrected chi connectivity index (χ0v) is 8.30. The van der Waals surface area contributed by atoms with E-state index in [-0.39, 0.29) is 0 Å². The number of nitriles is 1. The normalized spacial score (nSPS) is 8.69. The van der Waals surface area contributed by atoms with Crippen molar-refractivity contribution in [1.82, 2.24) is 9.97 Å². The molecular weight excluding hydrogens is 182 g/mol. The summed E-state index contributed by atoms with van der Waals surface area (Å²) in [5.41, 5.74) is 2.83. The van der Waals surface area contributed by atoms with Gasteiger partial charge in [-0.1, -0.05) is 13.8 Å². The van der Waals surface area contributed by atoms with Crippen molar-refractivity contribution in [3.63, 3.8) is 0 Å². The number of fused-ring (bicyclic) bond motifs is 1. The van der Waals surface area contributed by atoms with Crippen molar-refractivity contribution in [2.24, 2.45) is 0 Å². The molecule has 0 amide bonds. The maximum atomic E-state index is 8.61. The van der Waals surface area contributed by atoms with Crippen LogP contribution < -0.4 is 0 Å². The lowest BCUT2D eigenvalue weighted by molar-refractivity contribution is 1.28. The molecule has 0 saturated heterocycles. The molecule has 0 unspecified atom stereocenters. The predicted octanol–water partition coefficient (Wildman–Crippen LogP) is 2.59. The molecule has 3 nitrogen and oxygen atoms in total. The quantitative estimate of drug-likeness (QED) is 0.643. The van der Waals surface area contributed by atoms with Gasteiger partial charge in [-0.3, -0.25) is 0 Å². The highest BCUT2D eigenvalue weighted by Crippen LogP contribution is 2.18. The molecule has 0 N–H and O–H groups in total. The lowest BCUT2D eigenvalue weighted by Crippen LogP contribution is -1.81. The van der Waals surface area contributed by atoms with Gasteiger partial charge in [0.2, 0.25) is 0 Å². The first-order chi connectivity index (χ1) is 6.42. The molecule has 0 radical (unpaired) electrons. The second-order valence-electron chi connectivity index (χ2n) is 1.97. The summed E-state index contributed by atoms with van der Waals surface area (Å²) in [4.78, 5) is 7.90. The third-order valence-electron chi connectivity index (χ3n) is 1.35. The number of hydrogen-bond acceptors (Lipinski definition) is 4. The fraction of sp³-hybridized carbons (Fsp3) is 0.222. The van der Waals surface area contributed by atoms with Crippen molar-refractivity contribution in [3.8, 4) is 6.07 Å². The van der Waals surface area contributed by atoms with Crippen molar-refractivity contribution in [2.45, 2.75) is 13.8 Å². The summed E-state index contributed by atoms with van der Waals surface area (Å²) in [6, 6.07) is 3.84. The Morgan fingerprint density at radius 3 is 2.85 bits per heavy atom. The highest BCUT2D eigenvalue weighted by atomic mass is 32.1. The van der Waals surface area contributed by atoms with Gasteiger partial charge < -0.3 is 0 Å². The fourth-order valence-electron chi connectivity index (χ4n) is 0.874. The highest BCUT2D eigenvalue weighted by molar-refractivity contribution is 7.16. The molecule has 0 bridgehead atoms. The van der Waals surface area contributed by atoms with Gasteiger partial charge in [-0.15, -0.1) is 11.3 Å². The van der Waals surface area contributed by atoms with Gasteiger partial charge in [-0.25, -0.2) is 9.97 Å². The van der Waals surface area contributed by atoms with Crippen LogP contribution in [0.1, 0.15) is 19.5 Å². The number of nitrogens with zero attached hydrogens (tertiary/aromatic N) is 3. The number of hydrogen-bond donors (Lipinski definition) is 0. The van der Waals surface area contributed by atoms with Gasteiger partial charge in [-0.2, -0.15) is 5.26 Å². The first-order valence-electron chi connectivity index (χ1n) is 4.00. The van der Waals surface area contributed by atoms with Crippen molar-refractivity contribution < 1.29 is 0 Å². The molecule has 0 aliphatic carbocycles. The van der Waals surface area contributed by atoms with Crippen LogP contribution in [0.25, 0.3) is 10.2 Å². The van der Waals surface area contributed by atoms with Crippen LogP contribution in [0.4, 0.5) is 0 Å². The number of thiazole rings is 1. The van der Waals surface area contributed by atoms with E-state index in [2.05, 4.69) is 9.97 Å². The molecule has 13 heavy (non-hydrogen) atoms. The van der Waals surface area contributed by atoms with Gasteiger partial charge in [0, 0.05) is 6.20 Å². The molecular formula is C9H9N3S. The van der Waals surface area contributed by atoms with Crippen molar-refractivity contribution in [2.75, 3.05) is 0 Å². The minimum atomic E-state index is 0.406. The van der Waals surface area contributed by atoms with Gasteiger partial charge in [0.25, 0.3) is 0 Å². The Morgan fingerprint density at radius 1 is 1.38 bits per heavy atom. The van der Waals surface area contributed by atoms with E-state index in [0.717, 1.165) is 4.70 Å². The van der Waals surface area contributed by atoms with E-state index in [9.17, 15) is 0 Å². The number of pyridine rings is 1. The van der Waals surface area contributed by atoms with Crippen molar-refractivity contribution in [3.05, 3.63) is 23.5 Å². The lowest BCUT2D eigenvalue weighted by Gasteiger charge is -1.86. The van der Waals surface area contributed by atoms with Gasteiger partial charge in [0.15, 0.2) is 5.69 Å². The second kappa shape index (κ2) is 4.53. The maximum Gasteiger partial charge on any atom is 0.167 e. The SMILES string of the molecule is CC.N#Cc1nccc2scnc12. The van der Waals surface area contributed by atoms with Crippen molar-refractivity contribution in [1.29, 1.82) is 5.26 Å². The standard InChI is InChI=1S/C7H3N3S.C2H6/c8-3-5-7-6(1-2-9-5)11-4-10-7;1-2/h1-2,4H;1-2H3. The van der Waals surface area contributed by atoms with Crippen LogP contribution in [0.15, 0.2) is 17.8 Å². The van der Waals surface area contributed by atoms with E-state index < -0.39 is 0 Å². The van der Waals surface area contributed by atoms with Crippen LogP contribution in [-0.2, 0) is 0 Å². The van der Waals surface area contributed by atoms with Gasteiger partial charge >= 0.3 is 0 Å². The third-order valence-corrected chi connectivity index (χ3v) is 2.15. The smallest absolute Gasteiger partial charge is 0.167 e. The molecule has 0 spiro atoms. The first kappa shape index (κ1) is 9.62. The molecule has 0 saturated carbocycles. The average molecular weight is 191 g/mol. The lowest BCUT2D eigenvalue weighted by atomic mass is 10.3. The van der Waals surface area contributed by atoms with E-state index in [0.29, 0.717) is 11.2 Å². The molecule has 0 aliphatic heterocycles. The fourth-order valence-corrected chi connectivity index (χ4v) is 1.55. The molecule has 66 valence electrons. The largest absolute Gasteiger partial charge is 0.243 e. The Hall–Kier alpha value is -1.47. The number of aromatic nitrogens is 2. The summed E-state index contributed by atoms with van der Waals surface area (Å²) < 4.78 is 1.01. The monoisotopic (exact) mass is 191 g/mol. The molecule has 4 heteroatoms. The van der Waals surface area contributed by atoms with Crippen LogP contribution in [0.5, 0.6) is 0 Å². The minimum absolute atomic E-state index is 0.406. The molecule has 2 heterocycles. The van der Waals surface area contributed by atoms with Crippen LogP contribution in [0.2, 0.25) is 0 Å². The third kappa shape index (κ3) is 1.82. The first-order valence-corrected chi connectivity index (χ1v) is 4.88. The van der Waals surface area contributed by atoms with E-state index in [4.69, 9.17) is 5.26 Å². The maximum absolute atomic E-state index is 8.61. The number of rotatable bonds is 0. The molecule has 2 aromatic heterocycles. The molecule has 2 rings (SSSR count). The molecule has 2 aromatic rings. The molecule has 0 fully saturated rings. The van der Waals surface area contributed by atoms with Crippen LogP contribution >= 0.6 is 11.3 Å². The van der Waals surface area contributed by atoms with E-state index >= 15 is 0 Å². The predicted molar refractivity (Wildman–Crippen MR) is 53.5 cm³/mol. The average Bonchev–Trinajstić information content (AvgIpc) is 2.68. The zero-order chi connectivity index (χ0) is 9.68. The van der Waals surface area contributed by atoms with Crippen LogP contribution in [-0.4, -0.2) is 9.97 Å². The van der Waals surface area contributed by atoms with E-state index in [1.165, 1.54) is 11.3 Å².